The van der Waals surface area contributed by atoms with Crippen LogP contribution in [-0.2, 0) is 21.7 Å². The number of benzene rings is 5. The van der Waals surface area contributed by atoms with Gasteiger partial charge in [0.2, 0.25) is 0 Å². The van der Waals surface area contributed by atoms with E-state index in [1.54, 1.807) is 0 Å². The van der Waals surface area contributed by atoms with Gasteiger partial charge in [-0.15, -0.1) is 0 Å². The van der Waals surface area contributed by atoms with Crippen LogP contribution in [0.1, 0.15) is 122 Å². The highest BCUT2D eigenvalue weighted by Crippen LogP contribution is 2.44. The van der Waals surface area contributed by atoms with Gasteiger partial charge in [-0.3, -0.25) is 4.98 Å². The molecule has 4 heteroatoms. The van der Waals surface area contributed by atoms with Crippen molar-refractivity contribution in [3.63, 3.8) is 0 Å². The van der Waals surface area contributed by atoms with Gasteiger partial charge < -0.3 is 9.13 Å². The Morgan fingerprint density at radius 2 is 0.741 bits per heavy atom. The van der Waals surface area contributed by atoms with E-state index in [1.807, 2.05) is 13.8 Å². The van der Waals surface area contributed by atoms with E-state index in [9.17, 15) is 5.26 Å². The molecule has 0 aliphatic rings. The molecule has 0 unspecified atom stereocenters. The first-order chi connectivity index (χ1) is 27.0. The Balaban J connectivity index is 1.64. The highest BCUT2D eigenvalue weighted by Gasteiger charge is 2.27. The fourth-order valence-corrected chi connectivity index (χ4v) is 8.68. The number of fused-ring (bicyclic) bond motifs is 6. The Hall–Kier alpha value is -5.66. The molecular weight excluding hydrogens is 705 g/mol. The van der Waals surface area contributed by atoms with E-state index in [0.717, 1.165) is 56.0 Å². The maximum absolute atomic E-state index is 11.1. The van der Waals surface area contributed by atoms with E-state index < -0.39 is 0 Å². The molecule has 0 saturated carbocycles. The number of hydrogen-bond donors (Lipinski definition) is 0. The zero-order chi connectivity index (χ0) is 41.9. The average Bonchev–Trinajstić information content (AvgIpc) is 3.63. The summed E-state index contributed by atoms with van der Waals surface area (Å²) in [6, 6.07) is 39.3. The number of nitriles is 1. The first-order valence-electron chi connectivity index (χ1n) is 20.8. The lowest BCUT2D eigenvalue weighted by Gasteiger charge is -2.23. The van der Waals surface area contributed by atoms with Gasteiger partial charge in [0, 0.05) is 38.5 Å². The molecule has 3 aromatic heterocycles. The zero-order valence-electron chi connectivity index (χ0n) is 37.0. The molecular formula is C54H58N4. The second-order valence-corrected chi connectivity index (χ2v) is 20.7. The van der Waals surface area contributed by atoms with Gasteiger partial charge in [0.15, 0.2) is 0 Å². The van der Waals surface area contributed by atoms with Crippen LogP contribution in [0.4, 0.5) is 0 Å². The van der Waals surface area contributed by atoms with Gasteiger partial charge in [0.1, 0.15) is 0 Å². The molecule has 8 aromatic rings. The Labute approximate surface area is 345 Å². The molecule has 0 aliphatic carbocycles. The summed E-state index contributed by atoms with van der Waals surface area (Å²) in [6.45, 7) is 31.5. The summed E-state index contributed by atoms with van der Waals surface area (Å²) in [5.41, 5.74) is 15.8. The van der Waals surface area contributed by atoms with E-state index in [0.29, 0.717) is 5.56 Å². The van der Waals surface area contributed by atoms with Gasteiger partial charge >= 0.3 is 0 Å². The molecule has 0 radical (unpaired) electrons. The Morgan fingerprint density at radius 1 is 0.431 bits per heavy atom. The Bertz CT molecular complexity index is 2840. The molecule has 0 N–H and O–H groups in total. The van der Waals surface area contributed by atoms with Gasteiger partial charge in [-0.2, -0.15) is 5.26 Å². The quantitative estimate of drug-likeness (QED) is 0.180. The molecule has 58 heavy (non-hydrogen) atoms. The van der Waals surface area contributed by atoms with Crippen LogP contribution in [0.5, 0.6) is 0 Å². The van der Waals surface area contributed by atoms with Crippen molar-refractivity contribution in [3.8, 4) is 28.6 Å². The second kappa shape index (κ2) is 13.2. The summed E-state index contributed by atoms with van der Waals surface area (Å²) in [7, 11) is 0. The minimum Gasteiger partial charge on any atom is -0.307 e. The van der Waals surface area contributed by atoms with Crippen LogP contribution >= 0.6 is 0 Å². The number of rotatable bonds is 3. The van der Waals surface area contributed by atoms with Gasteiger partial charge in [-0.25, -0.2) is 0 Å². The second-order valence-electron chi connectivity index (χ2n) is 20.7. The molecule has 3 heterocycles. The SMILES string of the molecule is Cc1cc(-c2cc(-n3c4cc(C(C)(C)C)ccc4c4ccc(C(C)(C)C)cc43)c(-n3c4cc(C(C)(C)C)ccc4c4ccc(C(C)(C)C)cc43)cc2C#N)cc(C)n1. The molecule has 0 spiro atoms. The Morgan fingerprint density at radius 3 is 1.03 bits per heavy atom. The fourth-order valence-electron chi connectivity index (χ4n) is 8.68. The van der Waals surface area contributed by atoms with Crippen molar-refractivity contribution in [1.82, 2.24) is 14.1 Å². The molecule has 4 nitrogen and oxygen atoms in total. The molecule has 0 fully saturated rings. The molecule has 0 amide bonds. The number of hydrogen-bond acceptors (Lipinski definition) is 2. The molecule has 8 rings (SSSR count). The maximum atomic E-state index is 11.1. The summed E-state index contributed by atoms with van der Waals surface area (Å²) in [5.74, 6) is 0. The van der Waals surface area contributed by atoms with Crippen LogP contribution in [0.3, 0.4) is 0 Å². The summed E-state index contributed by atoms with van der Waals surface area (Å²) in [5, 5.41) is 15.9. The lowest BCUT2D eigenvalue weighted by Crippen LogP contribution is -2.13. The van der Waals surface area contributed by atoms with Crippen LogP contribution < -0.4 is 0 Å². The summed E-state index contributed by atoms with van der Waals surface area (Å²) in [6.07, 6.45) is 0. The smallest absolute Gasteiger partial charge is 0.0998 e. The van der Waals surface area contributed by atoms with E-state index in [1.165, 1.54) is 43.8 Å². The fraction of sp³-hybridized carbons (Fsp3) is 0.333. The first kappa shape index (κ1) is 39.2. The predicted octanol–water partition coefficient (Wildman–Crippen LogP) is 14.6. The topological polar surface area (TPSA) is 46.5 Å². The van der Waals surface area contributed by atoms with Crippen molar-refractivity contribution in [2.75, 3.05) is 0 Å². The minimum absolute atomic E-state index is 0.0592. The van der Waals surface area contributed by atoms with Crippen molar-refractivity contribution in [2.24, 2.45) is 0 Å². The van der Waals surface area contributed by atoms with Crippen LogP contribution in [-0.4, -0.2) is 14.1 Å². The first-order valence-corrected chi connectivity index (χ1v) is 20.8. The molecule has 294 valence electrons. The van der Waals surface area contributed by atoms with Crippen molar-refractivity contribution in [2.45, 2.75) is 119 Å². The van der Waals surface area contributed by atoms with Crippen molar-refractivity contribution < 1.29 is 0 Å². The highest BCUT2D eigenvalue weighted by atomic mass is 15.1. The zero-order valence-corrected chi connectivity index (χ0v) is 37.0. The molecule has 0 saturated heterocycles. The van der Waals surface area contributed by atoms with Crippen LogP contribution in [0.25, 0.3) is 66.1 Å². The standard InChI is InChI=1S/C54H58N4/c1-32-23-34(24-33(2)56-32)44-30-50(58-47-28-38(53(9,10)11)17-21-42(47)43-22-18-39(29-48(43)58)54(12,13)14)49(25-35(44)31-55)57-45-26-36(51(3,4)5)15-19-40(45)41-20-16-37(27-46(41)57)52(6,7)8/h15-30H,1-14H3. The van der Waals surface area contributed by atoms with Crippen molar-refractivity contribution in [1.29, 1.82) is 5.26 Å². The normalized spacial score (nSPS) is 13.0. The largest absolute Gasteiger partial charge is 0.307 e. The number of pyridine rings is 1. The third-order valence-corrected chi connectivity index (χ3v) is 12.1. The van der Waals surface area contributed by atoms with Crippen LogP contribution in [0, 0.1) is 25.2 Å². The summed E-state index contributed by atoms with van der Waals surface area (Å²) in [4.78, 5) is 4.72. The maximum Gasteiger partial charge on any atom is 0.0998 e. The molecule has 5 aromatic carbocycles. The summed E-state index contributed by atoms with van der Waals surface area (Å²) < 4.78 is 4.95. The average molecular weight is 763 g/mol. The number of aromatic nitrogens is 3. The molecule has 0 atom stereocenters. The van der Waals surface area contributed by atoms with E-state index in [-0.39, 0.29) is 21.7 Å². The lowest BCUT2D eigenvalue weighted by molar-refractivity contribution is 0.590. The highest BCUT2D eigenvalue weighted by molar-refractivity contribution is 6.12. The third kappa shape index (κ3) is 6.59. The number of aryl methyl sites for hydroxylation is 2. The van der Waals surface area contributed by atoms with Gasteiger partial charge in [-0.1, -0.05) is 132 Å². The van der Waals surface area contributed by atoms with E-state index in [2.05, 4.69) is 195 Å². The molecule has 0 aliphatic heterocycles. The van der Waals surface area contributed by atoms with Crippen molar-refractivity contribution >= 4 is 43.6 Å². The molecule has 0 bridgehead atoms. The van der Waals surface area contributed by atoms with Gasteiger partial charge in [0.05, 0.1) is 45.1 Å². The third-order valence-electron chi connectivity index (χ3n) is 12.1. The monoisotopic (exact) mass is 762 g/mol. The lowest BCUT2D eigenvalue weighted by atomic mass is 9.86. The van der Waals surface area contributed by atoms with E-state index in [4.69, 9.17) is 4.98 Å². The summed E-state index contributed by atoms with van der Waals surface area (Å²) >= 11 is 0. The predicted molar refractivity (Wildman–Crippen MR) is 247 cm³/mol. The van der Waals surface area contributed by atoms with Crippen molar-refractivity contribution in [3.05, 3.63) is 136 Å². The minimum atomic E-state index is -0.0623. The van der Waals surface area contributed by atoms with Crippen LogP contribution in [0.2, 0.25) is 0 Å². The van der Waals surface area contributed by atoms with Crippen LogP contribution in [0.15, 0.2) is 97.1 Å². The Kier molecular flexibility index (Phi) is 8.91. The number of nitrogens with zero attached hydrogens (tertiary/aromatic N) is 4. The van der Waals surface area contributed by atoms with E-state index >= 15 is 0 Å². The van der Waals surface area contributed by atoms with Gasteiger partial charge in [-0.05, 0) is 112 Å². The van der Waals surface area contributed by atoms with Gasteiger partial charge in [0.25, 0.3) is 0 Å².